The molecule has 0 spiro atoms. The molecule has 2 nitrogen and oxygen atoms in total. The minimum absolute atomic E-state index is 0.213. The normalized spacial score (nSPS) is 11.9. The lowest BCUT2D eigenvalue weighted by molar-refractivity contribution is -0.118. The Morgan fingerprint density at radius 3 is 2.25 bits per heavy atom. The largest absolute Gasteiger partial charge is 0.370 e. The van der Waals surface area contributed by atoms with E-state index < -0.39 is 0 Å². The van der Waals surface area contributed by atoms with Crippen molar-refractivity contribution in [2.75, 3.05) is 0 Å². The number of thiophene rings is 1. The van der Waals surface area contributed by atoms with Crippen molar-refractivity contribution >= 4 is 17.2 Å². The predicted octanol–water partition coefficient (Wildman–Crippen LogP) is 3.70. The zero-order valence-electron chi connectivity index (χ0n) is 10.9. The maximum atomic E-state index is 10.9. The van der Waals surface area contributed by atoms with E-state index in [1.54, 1.807) is 11.3 Å². The lowest BCUT2D eigenvalue weighted by Gasteiger charge is -2.17. The van der Waals surface area contributed by atoms with Gasteiger partial charge in [0.25, 0.3) is 0 Å². The summed E-state index contributed by atoms with van der Waals surface area (Å²) in [7, 11) is 0. The van der Waals surface area contributed by atoms with Gasteiger partial charge < -0.3 is 5.73 Å². The Labute approximate surface area is 103 Å². The van der Waals surface area contributed by atoms with Gasteiger partial charge in [0.2, 0.25) is 5.91 Å². The average molecular weight is 241 g/mol. The van der Waals surface area contributed by atoms with Gasteiger partial charge in [0, 0.05) is 22.1 Å². The molecule has 1 aromatic rings. The number of rotatable bonds is 4. The molecule has 0 radical (unpaired) electrons. The predicted molar refractivity (Wildman–Crippen MR) is 71.8 cm³/mol. The van der Waals surface area contributed by atoms with Crippen molar-refractivity contribution < 1.29 is 4.79 Å². The van der Waals surface area contributed by atoms with Crippen LogP contribution in [-0.4, -0.2) is 5.91 Å². The molecule has 0 aliphatic carbocycles. The molecular formula is C13H23NOS. The Morgan fingerprint density at radius 1 is 1.38 bits per heavy atom. The summed E-state index contributed by atoms with van der Waals surface area (Å²) in [6.07, 6.45) is 0.456. The molecule has 1 amide bonds. The second-order valence-electron chi connectivity index (χ2n) is 3.97. The van der Waals surface area contributed by atoms with Gasteiger partial charge in [0.1, 0.15) is 0 Å². The van der Waals surface area contributed by atoms with Gasteiger partial charge in [0.05, 0.1) is 0 Å². The van der Waals surface area contributed by atoms with Crippen LogP contribution in [-0.2, 0) is 4.79 Å². The number of nitrogens with two attached hydrogens (primary N) is 1. The van der Waals surface area contributed by atoms with Crippen molar-refractivity contribution in [1.82, 2.24) is 0 Å². The fourth-order valence-corrected chi connectivity index (χ4v) is 2.69. The van der Waals surface area contributed by atoms with Crippen LogP contribution in [0.25, 0.3) is 0 Å². The molecule has 1 rings (SSSR count). The van der Waals surface area contributed by atoms with E-state index in [0.717, 1.165) is 0 Å². The summed E-state index contributed by atoms with van der Waals surface area (Å²) in [5.41, 5.74) is 5.24. The zero-order valence-corrected chi connectivity index (χ0v) is 11.7. The quantitative estimate of drug-likeness (QED) is 0.858. The van der Waals surface area contributed by atoms with E-state index >= 15 is 0 Å². The summed E-state index contributed by atoms with van der Waals surface area (Å²) in [6.45, 7) is 10.3. The molecule has 92 valence electrons. The highest BCUT2D eigenvalue weighted by Crippen LogP contribution is 2.32. The molecule has 0 fully saturated rings. The lowest BCUT2D eigenvalue weighted by atomic mass is 9.91. The van der Waals surface area contributed by atoms with E-state index in [-0.39, 0.29) is 11.8 Å². The molecule has 0 saturated carbocycles. The van der Waals surface area contributed by atoms with Gasteiger partial charge in [-0.25, -0.2) is 0 Å². The number of aryl methyl sites for hydroxylation is 1. The third-order valence-electron chi connectivity index (χ3n) is 2.35. The number of carbonyl (C=O) groups excluding carboxylic acids is 1. The standard InChI is InChI=1S/C11H17NOS.C2H6/c1-7(2)9(6-11(12)13)10-5-4-8(3)14-10;1-2/h4-5,7,9H,6H2,1-3H3,(H2,12,13);1-2H3. The topological polar surface area (TPSA) is 43.1 Å². The average Bonchev–Trinajstić information content (AvgIpc) is 2.63. The van der Waals surface area contributed by atoms with Gasteiger partial charge in [-0.05, 0) is 25.0 Å². The first-order valence-corrected chi connectivity index (χ1v) is 6.67. The molecule has 0 bridgehead atoms. The van der Waals surface area contributed by atoms with Crippen LogP contribution in [0.15, 0.2) is 12.1 Å². The first-order valence-electron chi connectivity index (χ1n) is 5.85. The van der Waals surface area contributed by atoms with Gasteiger partial charge >= 0.3 is 0 Å². The van der Waals surface area contributed by atoms with E-state index in [2.05, 4.69) is 32.9 Å². The minimum Gasteiger partial charge on any atom is -0.370 e. The van der Waals surface area contributed by atoms with E-state index in [1.807, 2.05) is 13.8 Å². The second kappa shape index (κ2) is 7.44. The SMILES string of the molecule is CC.Cc1ccc(C(CC(N)=O)C(C)C)s1. The van der Waals surface area contributed by atoms with Gasteiger partial charge in [-0.1, -0.05) is 27.7 Å². The van der Waals surface area contributed by atoms with Crippen LogP contribution in [0.5, 0.6) is 0 Å². The molecular weight excluding hydrogens is 218 g/mol. The van der Waals surface area contributed by atoms with Crippen molar-refractivity contribution in [3.8, 4) is 0 Å². The highest BCUT2D eigenvalue weighted by atomic mass is 32.1. The van der Waals surface area contributed by atoms with E-state index in [4.69, 9.17) is 5.73 Å². The van der Waals surface area contributed by atoms with Crippen LogP contribution in [0.1, 0.15) is 49.8 Å². The summed E-state index contributed by atoms with van der Waals surface area (Å²) in [6, 6.07) is 4.20. The summed E-state index contributed by atoms with van der Waals surface area (Å²) in [5, 5.41) is 0. The number of hydrogen-bond acceptors (Lipinski definition) is 2. The fraction of sp³-hybridized carbons (Fsp3) is 0.615. The number of hydrogen-bond donors (Lipinski definition) is 1. The molecule has 1 atom stereocenters. The van der Waals surface area contributed by atoms with Crippen LogP contribution in [0.2, 0.25) is 0 Å². The molecule has 16 heavy (non-hydrogen) atoms. The first-order chi connectivity index (χ1) is 7.50. The van der Waals surface area contributed by atoms with Gasteiger partial charge in [-0.2, -0.15) is 0 Å². The van der Waals surface area contributed by atoms with Crippen LogP contribution in [0.3, 0.4) is 0 Å². The maximum Gasteiger partial charge on any atom is 0.218 e. The molecule has 0 aliphatic heterocycles. The molecule has 3 heteroatoms. The third kappa shape index (κ3) is 4.79. The number of carbonyl (C=O) groups is 1. The Hall–Kier alpha value is -0.830. The summed E-state index contributed by atoms with van der Waals surface area (Å²) in [5.74, 6) is 0.529. The first kappa shape index (κ1) is 15.2. The fourth-order valence-electron chi connectivity index (χ4n) is 1.53. The molecule has 1 unspecified atom stereocenters. The van der Waals surface area contributed by atoms with E-state index in [1.165, 1.54) is 9.75 Å². The van der Waals surface area contributed by atoms with Crippen LogP contribution >= 0.6 is 11.3 Å². The van der Waals surface area contributed by atoms with Crippen LogP contribution < -0.4 is 5.73 Å². The van der Waals surface area contributed by atoms with Gasteiger partial charge in [-0.3, -0.25) is 4.79 Å². The van der Waals surface area contributed by atoms with Crippen molar-refractivity contribution in [2.24, 2.45) is 11.7 Å². The summed E-state index contributed by atoms with van der Waals surface area (Å²) < 4.78 is 0. The highest BCUT2D eigenvalue weighted by molar-refractivity contribution is 7.12. The Balaban J connectivity index is 0.00000106. The monoisotopic (exact) mass is 241 g/mol. The lowest BCUT2D eigenvalue weighted by Crippen LogP contribution is -2.17. The molecule has 0 saturated heterocycles. The Morgan fingerprint density at radius 2 is 1.94 bits per heavy atom. The molecule has 0 aliphatic rings. The molecule has 1 aromatic heterocycles. The van der Waals surface area contributed by atoms with E-state index in [9.17, 15) is 4.79 Å². The number of primary amides is 1. The summed E-state index contributed by atoms with van der Waals surface area (Å²) in [4.78, 5) is 13.5. The van der Waals surface area contributed by atoms with Gasteiger partial charge in [-0.15, -0.1) is 11.3 Å². The molecule has 1 heterocycles. The Bertz CT molecular complexity index is 317. The number of amides is 1. The van der Waals surface area contributed by atoms with E-state index in [0.29, 0.717) is 12.3 Å². The minimum atomic E-state index is -0.213. The van der Waals surface area contributed by atoms with Gasteiger partial charge in [0.15, 0.2) is 0 Å². The summed E-state index contributed by atoms with van der Waals surface area (Å²) >= 11 is 1.76. The smallest absolute Gasteiger partial charge is 0.218 e. The van der Waals surface area contributed by atoms with Crippen molar-refractivity contribution in [3.63, 3.8) is 0 Å². The maximum absolute atomic E-state index is 10.9. The van der Waals surface area contributed by atoms with Crippen molar-refractivity contribution in [2.45, 2.75) is 47.0 Å². The Kier molecular flexibility index (Phi) is 7.06. The van der Waals surface area contributed by atoms with Crippen molar-refractivity contribution in [1.29, 1.82) is 0 Å². The molecule has 0 aromatic carbocycles. The van der Waals surface area contributed by atoms with Crippen LogP contribution in [0.4, 0.5) is 0 Å². The third-order valence-corrected chi connectivity index (χ3v) is 3.49. The highest BCUT2D eigenvalue weighted by Gasteiger charge is 2.19. The molecule has 2 N–H and O–H groups in total. The zero-order chi connectivity index (χ0) is 12.7. The second-order valence-corrected chi connectivity index (χ2v) is 5.29. The van der Waals surface area contributed by atoms with Crippen molar-refractivity contribution in [3.05, 3.63) is 21.9 Å². The van der Waals surface area contributed by atoms with Crippen LogP contribution in [0, 0.1) is 12.8 Å².